The smallest absolute Gasteiger partial charge is 0.147 e. The number of morpholine rings is 1. The zero-order valence-corrected chi connectivity index (χ0v) is 9.73. The fourth-order valence-electron chi connectivity index (χ4n) is 2.41. The molecule has 2 bridgehead atoms. The van der Waals surface area contributed by atoms with Gasteiger partial charge in [-0.3, -0.25) is 4.98 Å². The molecule has 1 aromatic heterocycles. The van der Waals surface area contributed by atoms with Crippen LogP contribution in [0.2, 0.25) is 0 Å². The number of hydrogen-bond donors (Lipinski definition) is 0. The molecule has 2 saturated heterocycles. The third kappa shape index (κ3) is 1.87. The summed E-state index contributed by atoms with van der Waals surface area (Å²) in [5.74, 6) is 1.34. The van der Waals surface area contributed by atoms with Crippen LogP contribution in [-0.2, 0) is 10.6 Å². The maximum absolute atomic E-state index is 5.79. The van der Waals surface area contributed by atoms with Crippen molar-refractivity contribution in [2.24, 2.45) is 0 Å². The summed E-state index contributed by atoms with van der Waals surface area (Å²) in [4.78, 5) is 10.9. The molecule has 2 aliphatic heterocycles. The molecule has 5 heteroatoms. The molecule has 2 unspecified atom stereocenters. The van der Waals surface area contributed by atoms with Gasteiger partial charge in [-0.05, 0) is 12.8 Å². The highest BCUT2D eigenvalue weighted by atomic mass is 35.5. The Morgan fingerprint density at radius 1 is 1.31 bits per heavy atom. The molecule has 0 amide bonds. The second-order valence-electron chi connectivity index (χ2n) is 4.36. The van der Waals surface area contributed by atoms with Gasteiger partial charge in [0, 0.05) is 19.3 Å². The van der Waals surface area contributed by atoms with Crippen LogP contribution in [0, 0.1) is 0 Å². The molecule has 0 aliphatic carbocycles. The van der Waals surface area contributed by atoms with E-state index in [1.807, 2.05) is 0 Å². The molecule has 0 N–H and O–H groups in total. The Labute approximate surface area is 99.6 Å². The Hall–Kier alpha value is -0.870. The summed E-state index contributed by atoms with van der Waals surface area (Å²) < 4.78 is 5.79. The van der Waals surface area contributed by atoms with Gasteiger partial charge in [-0.15, -0.1) is 11.6 Å². The number of ether oxygens (including phenoxy) is 1. The number of rotatable bonds is 2. The van der Waals surface area contributed by atoms with E-state index >= 15 is 0 Å². The van der Waals surface area contributed by atoms with Gasteiger partial charge < -0.3 is 9.64 Å². The van der Waals surface area contributed by atoms with E-state index in [4.69, 9.17) is 16.3 Å². The first kappa shape index (κ1) is 10.3. The van der Waals surface area contributed by atoms with Crippen LogP contribution in [0.4, 0.5) is 5.82 Å². The first-order valence-electron chi connectivity index (χ1n) is 5.62. The minimum Gasteiger partial charge on any atom is -0.371 e. The number of anilines is 1. The minimum atomic E-state index is 0.375. The van der Waals surface area contributed by atoms with Gasteiger partial charge in [0.2, 0.25) is 0 Å². The van der Waals surface area contributed by atoms with Crippen molar-refractivity contribution in [1.82, 2.24) is 9.97 Å². The van der Waals surface area contributed by atoms with E-state index in [-0.39, 0.29) is 0 Å². The first-order chi connectivity index (χ1) is 7.85. The van der Waals surface area contributed by atoms with Crippen molar-refractivity contribution in [3.05, 3.63) is 18.1 Å². The van der Waals surface area contributed by atoms with Crippen LogP contribution in [0.5, 0.6) is 0 Å². The monoisotopic (exact) mass is 239 g/mol. The zero-order chi connectivity index (χ0) is 11.0. The normalized spacial score (nSPS) is 28.4. The highest BCUT2D eigenvalue weighted by Gasteiger charge is 2.34. The van der Waals surface area contributed by atoms with Crippen molar-refractivity contribution in [2.45, 2.75) is 30.9 Å². The lowest BCUT2D eigenvalue weighted by Gasteiger charge is -2.32. The summed E-state index contributed by atoms with van der Waals surface area (Å²) in [5.41, 5.74) is 0.831. The predicted octanol–water partition coefficient (Wildman–Crippen LogP) is 1.58. The second kappa shape index (κ2) is 4.18. The van der Waals surface area contributed by atoms with E-state index in [9.17, 15) is 0 Å². The third-order valence-electron chi connectivity index (χ3n) is 3.18. The molecule has 3 rings (SSSR count). The number of halogens is 1. The van der Waals surface area contributed by atoms with Gasteiger partial charge >= 0.3 is 0 Å². The van der Waals surface area contributed by atoms with E-state index < -0.39 is 0 Å². The summed E-state index contributed by atoms with van der Waals surface area (Å²) >= 11 is 5.76. The number of hydrogen-bond acceptors (Lipinski definition) is 4. The molecular weight excluding hydrogens is 226 g/mol. The highest BCUT2D eigenvalue weighted by Crippen LogP contribution is 2.28. The maximum atomic E-state index is 5.79. The molecule has 0 aromatic carbocycles. The summed E-state index contributed by atoms with van der Waals surface area (Å²) in [5, 5.41) is 0. The fraction of sp³-hybridized carbons (Fsp3) is 0.636. The first-order valence-corrected chi connectivity index (χ1v) is 6.16. The molecule has 0 saturated carbocycles. The van der Waals surface area contributed by atoms with Crippen molar-refractivity contribution in [3.8, 4) is 0 Å². The molecule has 2 aliphatic rings. The van der Waals surface area contributed by atoms with E-state index in [0.717, 1.165) is 24.6 Å². The molecule has 3 heterocycles. The van der Waals surface area contributed by atoms with Crippen LogP contribution < -0.4 is 4.90 Å². The third-order valence-corrected chi connectivity index (χ3v) is 3.45. The quantitative estimate of drug-likeness (QED) is 0.735. The number of fused-ring (bicyclic) bond motifs is 2. The average Bonchev–Trinajstić information content (AvgIpc) is 2.68. The van der Waals surface area contributed by atoms with Crippen LogP contribution in [0.15, 0.2) is 12.4 Å². The molecule has 86 valence electrons. The fourth-order valence-corrected chi connectivity index (χ4v) is 2.54. The van der Waals surface area contributed by atoms with Crippen LogP contribution in [0.3, 0.4) is 0 Å². The molecule has 2 fully saturated rings. The van der Waals surface area contributed by atoms with Gasteiger partial charge in [0.05, 0.1) is 30.0 Å². The molecule has 2 atom stereocenters. The summed E-state index contributed by atoms with van der Waals surface area (Å²) in [6.07, 6.45) is 6.61. The topological polar surface area (TPSA) is 38.2 Å². The number of alkyl halides is 1. The lowest BCUT2D eigenvalue weighted by molar-refractivity contribution is 0.0302. The van der Waals surface area contributed by atoms with E-state index in [1.165, 1.54) is 12.8 Å². The van der Waals surface area contributed by atoms with Gasteiger partial charge in [-0.1, -0.05) is 0 Å². The van der Waals surface area contributed by atoms with Crippen LogP contribution >= 0.6 is 11.6 Å². The van der Waals surface area contributed by atoms with Gasteiger partial charge in [0.15, 0.2) is 0 Å². The molecule has 4 nitrogen and oxygen atoms in total. The lowest BCUT2D eigenvalue weighted by atomic mass is 10.2. The second-order valence-corrected chi connectivity index (χ2v) is 4.63. The molecule has 1 aromatic rings. The molecule has 0 radical (unpaired) electrons. The number of aromatic nitrogens is 2. The van der Waals surface area contributed by atoms with E-state index in [2.05, 4.69) is 14.9 Å². The van der Waals surface area contributed by atoms with Gasteiger partial charge in [-0.25, -0.2) is 4.98 Å². The van der Waals surface area contributed by atoms with Crippen molar-refractivity contribution >= 4 is 17.4 Å². The summed E-state index contributed by atoms with van der Waals surface area (Å²) in [7, 11) is 0. The Kier molecular flexibility index (Phi) is 2.69. The standard InChI is InChI=1S/C11H14ClN3O/c12-3-8-4-13-5-11(14-8)15-6-9-1-2-10(7-15)16-9/h4-5,9-10H,1-3,6-7H2. The largest absolute Gasteiger partial charge is 0.371 e. The van der Waals surface area contributed by atoms with Gasteiger partial charge in [-0.2, -0.15) is 0 Å². The van der Waals surface area contributed by atoms with Crippen LogP contribution in [-0.4, -0.2) is 35.3 Å². The Morgan fingerprint density at radius 3 is 2.75 bits per heavy atom. The predicted molar refractivity (Wildman–Crippen MR) is 61.7 cm³/mol. The van der Waals surface area contributed by atoms with Crippen molar-refractivity contribution in [3.63, 3.8) is 0 Å². The van der Waals surface area contributed by atoms with E-state index in [0.29, 0.717) is 18.1 Å². The summed E-state index contributed by atoms with van der Waals surface area (Å²) in [6, 6.07) is 0. The summed E-state index contributed by atoms with van der Waals surface area (Å²) in [6.45, 7) is 1.85. The van der Waals surface area contributed by atoms with Crippen LogP contribution in [0.25, 0.3) is 0 Å². The number of nitrogens with zero attached hydrogens (tertiary/aromatic N) is 3. The van der Waals surface area contributed by atoms with Gasteiger partial charge in [0.25, 0.3) is 0 Å². The molecular formula is C11H14ClN3O. The molecule has 16 heavy (non-hydrogen) atoms. The highest BCUT2D eigenvalue weighted by molar-refractivity contribution is 6.16. The van der Waals surface area contributed by atoms with Crippen molar-refractivity contribution in [1.29, 1.82) is 0 Å². The van der Waals surface area contributed by atoms with Crippen molar-refractivity contribution in [2.75, 3.05) is 18.0 Å². The van der Waals surface area contributed by atoms with Gasteiger partial charge in [0.1, 0.15) is 5.82 Å². The van der Waals surface area contributed by atoms with Crippen LogP contribution in [0.1, 0.15) is 18.5 Å². The average molecular weight is 240 g/mol. The minimum absolute atomic E-state index is 0.375. The lowest BCUT2D eigenvalue weighted by Crippen LogP contribution is -2.43. The Bertz CT molecular complexity index is 375. The maximum Gasteiger partial charge on any atom is 0.147 e. The van der Waals surface area contributed by atoms with Crippen molar-refractivity contribution < 1.29 is 4.74 Å². The Morgan fingerprint density at radius 2 is 2.06 bits per heavy atom. The molecule has 0 spiro atoms. The SMILES string of the molecule is ClCc1cncc(N2CC3CCC(C2)O3)n1. The zero-order valence-electron chi connectivity index (χ0n) is 8.97. The Balaban J connectivity index is 1.81. The van der Waals surface area contributed by atoms with E-state index in [1.54, 1.807) is 12.4 Å².